The quantitative estimate of drug-likeness (QED) is 0.777. The van der Waals surface area contributed by atoms with E-state index in [9.17, 15) is 0 Å². The van der Waals surface area contributed by atoms with Crippen molar-refractivity contribution in [2.24, 2.45) is 0 Å². The van der Waals surface area contributed by atoms with Crippen molar-refractivity contribution in [3.05, 3.63) is 34.9 Å². The molecule has 0 fully saturated rings. The second kappa shape index (κ2) is 6.80. The standard InChI is InChI=1S/C16H27N/c1-6-8-16(17-7-2)14(5)15-10-9-12(3)11-13(15)4/h9-11,14,16-17H,6-8H2,1-5H3. The lowest BCUT2D eigenvalue weighted by atomic mass is 9.87. The van der Waals surface area contributed by atoms with Crippen LogP contribution in [0.1, 0.15) is 56.2 Å². The maximum atomic E-state index is 3.62. The topological polar surface area (TPSA) is 12.0 Å². The van der Waals surface area contributed by atoms with Crippen LogP contribution in [0, 0.1) is 13.8 Å². The zero-order valence-corrected chi connectivity index (χ0v) is 12.0. The highest BCUT2D eigenvalue weighted by Gasteiger charge is 2.18. The lowest BCUT2D eigenvalue weighted by molar-refractivity contribution is 0.429. The molecule has 0 saturated carbocycles. The van der Waals surface area contributed by atoms with Crippen LogP contribution in [0.2, 0.25) is 0 Å². The van der Waals surface area contributed by atoms with E-state index in [-0.39, 0.29) is 0 Å². The molecule has 1 aromatic carbocycles. The molecule has 2 unspecified atom stereocenters. The summed E-state index contributed by atoms with van der Waals surface area (Å²) in [6, 6.07) is 7.43. The van der Waals surface area contributed by atoms with Crippen LogP contribution in [0.15, 0.2) is 18.2 Å². The summed E-state index contributed by atoms with van der Waals surface area (Å²) in [5.41, 5.74) is 4.28. The Morgan fingerprint density at radius 3 is 2.41 bits per heavy atom. The Bertz CT molecular complexity index is 337. The molecule has 17 heavy (non-hydrogen) atoms. The lowest BCUT2D eigenvalue weighted by Gasteiger charge is -2.26. The number of rotatable bonds is 6. The van der Waals surface area contributed by atoms with Crippen molar-refractivity contribution in [1.29, 1.82) is 0 Å². The van der Waals surface area contributed by atoms with Gasteiger partial charge in [0.15, 0.2) is 0 Å². The molecule has 1 N–H and O–H groups in total. The fourth-order valence-electron chi connectivity index (χ4n) is 2.66. The van der Waals surface area contributed by atoms with Gasteiger partial charge in [0.1, 0.15) is 0 Å². The molecule has 96 valence electrons. The first kappa shape index (κ1) is 14.2. The van der Waals surface area contributed by atoms with Gasteiger partial charge >= 0.3 is 0 Å². The zero-order valence-electron chi connectivity index (χ0n) is 12.0. The minimum absolute atomic E-state index is 0.593. The van der Waals surface area contributed by atoms with E-state index in [1.807, 2.05) is 0 Å². The Hall–Kier alpha value is -0.820. The van der Waals surface area contributed by atoms with E-state index in [2.05, 4.69) is 58.1 Å². The van der Waals surface area contributed by atoms with Crippen molar-refractivity contribution in [1.82, 2.24) is 5.32 Å². The average molecular weight is 233 g/mol. The van der Waals surface area contributed by atoms with E-state index in [1.54, 1.807) is 0 Å². The van der Waals surface area contributed by atoms with Crippen molar-refractivity contribution in [2.75, 3.05) is 6.54 Å². The van der Waals surface area contributed by atoms with Crippen molar-refractivity contribution in [3.63, 3.8) is 0 Å². The van der Waals surface area contributed by atoms with Crippen LogP contribution in [0.4, 0.5) is 0 Å². The van der Waals surface area contributed by atoms with Crippen molar-refractivity contribution >= 4 is 0 Å². The Morgan fingerprint density at radius 1 is 1.18 bits per heavy atom. The van der Waals surface area contributed by atoms with Gasteiger partial charge in [-0.15, -0.1) is 0 Å². The van der Waals surface area contributed by atoms with Crippen molar-refractivity contribution in [2.45, 2.75) is 59.4 Å². The van der Waals surface area contributed by atoms with E-state index in [1.165, 1.54) is 29.5 Å². The summed E-state index contributed by atoms with van der Waals surface area (Å²) in [6.07, 6.45) is 2.50. The molecule has 0 aliphatic carbocycles. The van der Waals surface area contributed by atoms with Gasteiger partial charge in [-0.25, -0.2) is 0 Å². The van der Waals surface area contributed by atoms with Crippen molar-refractivity contribution in [3.8, 4) is 0 Å². The van der Waals surface area contributed by atoms with Crippen LogP contribution in [-0.2, 0) is 0 Å². The van der Waals surface area contributed by atoms with Gasteiger partial charge in [-0.05, 0) is 43.9 Å². The van der Waals surface area contributed by atoms with Crippen molar-refractivity contribution < 1.29 is 0 Å². The molecule has 2 atom stereocenters. The SMILES string of the molecule is CCCC(NCC)C(C)c1ccc(C)cc1C. The molecule has 1 heteroatoms. The highest BCUT2D eigenvalue weighted by atomic mass is 14.9. The summed E-state index contributed by atoms with van der Waals surface area (Å²) in [5, 5.41) is 3.62. The zero-order chi connectivity index (χ0) is 12.8. The minimum Gasteiger partial charge on any atom is -0.314 e. The monoisotopic (exact) mass is 233 g/mol. The Balaban J connectivity index is 2.88. The fourth-order valence-corrected chi connectivity index (χ4v) is 2.66. The molecule has 0 saturated heterocycles. The number of aryl methyl sites for hydroxylation is 2. The summed E-state index contributed by atoms with van der Waals surface area (Å²) in [5.74, 6) is 0.593. The van der Waals surface area contributed by atoms with Gasteiger partial charge in [-0.1, -0.05) is 51.0 Å². The van der Waals surface area contributed by atoms with Crippen LogP contribution >= 0.6 is 0 Å². The highest BCUT2D eigenvalue weighted by molar-refractivity contribution is 5.33. The molecule has 0 amide bonds. The summed E-state index contributed by atoms with van der Waals surface area (Å²) < 4.78 is 0. The molecule has 0 radical (unpaired) electrons. The van der Waals surface area contributed by atoms with Gasteiger partial charge in [0.25, 0.3) is 0 Å². The summed E-state index contributed by atoms with van der Waals surface area (Å²) in [6.45, 7) is 12.3. The van der Waals surface area contributed by atoms with Crippen LogP contribution in [0.3, 0.4) is 0 Å². The molecule has 1 rings (SSSR count). The van der Waals surface area contributed by atoms with Gasteiger partial charge in [0.2, 0.25) is 0 Å². The van der Waals surface area contributed by atoms with E-state index in [0.29, 0.717) is 12.0 Å². The number of hydrogen-bond donors (Lipinski definition) is 1. The summed E-state index contributed by atoms with van der Waals surface area (Å²) in [7, 11) is 0. The van der Waals surface area contributed by atoms with Gasteiger partial charge in [0, 0.05) is 6.04 Å². The highest BCUT2D eigenvalue weighted by Crippen LogP contribution is 2.25. The number of nitrogens with one attached hydrogen (secondary N) is 1. The predicted molar refractivity (Wildman–Crippen MR) is 76.7 cm³/mol. The Morgan fingerprint density at radius 2 is 1.88 bits per heavy atom. The molecule has 0 aliphatic rings. The summed E-state index contributed by atoms with van der Waals surface area (Å²) in [4.78, 5) is 0. The number of likely N-dealkylation sites (N-methyl/N-ethyl adjacent to an activating group) is 1. The Labute approximate surface area is 107 Å². The fraction of sp³-hybridized carbons (Fsp3) is 0.625. The smallest absolute Gasteiger partial charge is 0.0133 e. The number of benzene rings is 1. The molecular formula is C16H27N. The maximum absolute atomic E-state index is 3.62. The molecule has 0 bridgehead atoms. The summed E-state index contributed by atoms with van der Waals surface area (Å²) >= 11 is 0. The first-order chi connectivity index (χ1) is 8.10. The predicted octanol–water partition coefficient (Wildman–Crippen LogP) is 4.19. The number of hydrogen-bond acceptors (Lipinski definition) is 1. The van der Waals surface area contributed by atoms with Crippen LogP contribution in [-0.4, -0.2) is 12.6 Å². The third-order valence-electron chi connectivity index (χ3n) is 3.59. The molecule has 1 aromatic rings. The van der Waals surface area contributed by atoms with Gasteiger partial charge in [-0.2, -0.15) is 0 Å². The van der Waals surface area contributed by atoms with Gasteiger partial charge in [0.05, 0.1) is 0 Å². The second-order valence-corrected chi connectivity index (χ2v) is 5.10. The van der Waals surface area contributed by atoms with Crippen LogP contribution < -0.4 is 5.32 Å². The molecule has 0 aliphatic heterocycles. The van der Waals surface area contributed by atoms with Crippen LogP contribution in [0.25, 0.3) is 0 Å². The molecular weight excluding hydrogens is 206 g/mol. The second-order valence-electron chi connectivity index (χ2n) is 5.10. The first-order valence-corrected chi connectivity index (χ1v) is 6.90. The Kier molecular flexibility index (Phi) is 5.70. The lowest BCUT2D eigenvalue weighted by Crippen LogP contribution is -2.33. The third-order valence-corrected chi connectivity index (χ3v) is 3.59. The van der Waals surface area contributed by atoms with Crippen LogP contribution in [0.5, 0.6) is 0 Å². The largest absolute Gasteiger partial charge is 0.314 e. The average Bonchev–Trinajstić information content (AvgIpc) is 2.28. The molecule has 0 aromatic heterocycles. The minimum atomic E-state index is 0.593. The van der Waals surface area contributed by atoms with E-state index < -0.39 is 0 Å². The molecule has 1 nitrogen and oxygen atoms in total. The normalized spacial score (nSPS) is 14.6. The van der Waals surface area contributed by atoms with Gasteiger partial charge in [-0.3, -0.25) is 0 Å². The van der Waals surface area contributed by atoms with Gasteiger partial charge < -0.3 is 5.32 Å². The molecule has 0 heterocycles. The maximum Gasteiger partial charge on any atom is 0.0133 e. The van der Waals surface area contributed by atoms with E-state index >= 15 is 0 Å². The first-order valence-electron chi connectivity index (χ1n) is 6.90. The molecule has 0 spiro atoms. The van der Waals surface area contributed by atoms with E-state index in [4.69, 9.17) is 0 Å². The van der Waals surface area contributed by atoms with E-state index in [0.717, 1.165) is 6.54 Å². The third kappa shape index (κ3) is 3.85.